The summed E-state index contributed by atoms with van der Waals surface area (Å²) in [5.41, 5.74) is 1.06. The van der Waals surface area contributed by atoms with Crippen molar-refractivity contribution in [2.75, 3.05) is 26.9 Å². The maximum atomic E-state index is 12.1. The average molecular weight is 276 g/mol. The van der Waals surface area contributed by atoms with Crippen molar-refractivity contribution in [3.63, 3.8) is 0 Å². The number of aliphatic hydroxyl groups is 1. The lowest BCUT2D eigenvalue weighted by Crippen LogP contribution is -2.30. The molecule has 0 aliphatic carbocycles. The zero-order valence-electron chi connectivity index (χ0n) is 11.8. The van der Waals surface area contributed by atoms with Gasteiger partial charge in [-0.2, -0.15) is 0 Å². The molecule has 0 saturated carbocycles. The topological polar surface area (TPSA) is 71.5 Å². The third-order valence-electron chi connectivity index (χ3n) is 2.59. The largest absolute Gasteiger partial charge is 0.395 e. The van der Waals surface area contributed by atoms with Gasteiger partial charge < -0.3 is 15.2 Å². The molecule has 0 aliphatic heterocycles. The van der Waals surface area contributed by atoms with E-state index in [0.29, 0.717) is 30.7 Å². The lowest BCUT2D eigenvalue weighted by molar-refractivity contribution is 0.0933. The molecule has 1 aromatic rings. The van der Waals surface area contributed by atoms with Crippen molar-refractivity contribution in [1.29, 1.82) is 0 Å². The Morgan fingerprint density at radius 2 is 2.40 bits per heavy atom. The fraction of sp³-hybridized carbons (Fsp3) is 0.467. The van der Waals surface area contributed by atoms with E-state index in [-0.39, 0.29) is 18.4 Å². The molecular formula is C15H20N2O3. The molecule has 20 heavy (non-hydrogen) atoms. The van der Waals surface area contributed by atoms with Crippen molar-refractivity contribution in [2.24, 2.45) is 5.92 Å². The van der Waals surface area contributed by atoms with Crippen LogP contribution in [0.15, 0.2) is 18.5 Å². The molecule has 0 bridgehead atoms. The molecule has 0 aliphatic rings. The second-order valence-electron chi connectivity index (χ2n) is 4.47. The summed E-state index contributed by atoms with van der Waals surface area (Å²) in [5.74, 6) is 5.71. The quantitative estimate of drug-likeness (QED) is 0.755. The number of aromatic nitrogens is 1. The van der Waals surface area contributed by atoms with E-state index in [1.54, 1.807) is 25.6 Å². The number of rotatable bonds is 6. The number of carbonyl (C=O) groups excluding carboxylic acids is 1. The van der Waals surface area contributed by atoms with Crippen molar-refractivity contribution < 1.29 is 14.6 Å². The highest BCUT2D eigenvalue weighted by molar-refractivity contribution is 5.96. The first-order valence-corrected chi connectivity index (χ1v) is 6.50. The smallest absolute Gasteiger partial charge is 0.252 e. The van der Waals surface area contributed by atoms with Crippen molar-refractivity contribution in [1.82, 2.24) is 10.3 Å². The number of nitrogens with zero attached hydrogens (tertiary/aromatic N) is 1. The Bertz CT molecular complexity index is 491. The number of aliphatic hydroxyl groups excluding tert-OH is 1. The Balaban J connectivity index is 2.71. The summed E-state index contributed by atoms with van der Waals surface area (Å²) in [6, 6.07) is 1.64. The van der Waals surface area contributed by atoms with E-state index in [0.717, 1.165) is 0 Å². The monoisotopic (exact) mass is 276 g/mol. The summed E-state index contributed by atoms with van der Waals surface area (Å²) in [4.78, 5) is 16.1. The lowest BCUT2D eigenvalue weighted by atomic mass is 10.1. The highest BCUT2D eigenvalue weighted by Crippen LogP contribution is 2.06. The molecule has 0 radical (unpaired) electrons. The van der Waals surface area contributed by atoms with Gasteiger partial charge in [-0.3, -0.25) is 9.78 Å². The third kappa shape index (κ3) is 5.39. The van der Waals surface area contributed by atoms with Crippen molar-refractivity contribution in [3.05, 3.63) is 29.6 Å². The minimum absolute atomic E-state index is 0.00330. The fourth-order valence-electron chi connectivity index (χ4n) is 1.61. The second-order valence-corrected chi connectivity index (χ2v) is 4.47. The molecule has 1 rings (SSSR count). The minimum atomic E-state index is -0.177. The number of methoxy groups -OCH3 is 1. The molecule has 1 amide bonds. The SMILES string of the molecule is COCC(C)CNC(=O)c1ccncc1C#CCCO. The summed E-state index contributed by atoms with van der Waals surface area (Å²) in [5, 5.41) is 11.6. The first kappa shape index (κ1) is 16.2. The van der Waals surface area contributed by atoms with Crippen LogP contribution in [0.1, 0.15) is 29.3 Å². The normalized spacial score (nSPS) is 11.3. The number of amides is 1. The summed E-state index contributed by atoms with van der Waals surface area (Å²) in [6.45, 7) is 3.14. The number of ether oxygens (including phenoxy) is 1. The van der Waals surface area contributed by atoms with Crippen LogP contribution in [0.2, 0.25) is 0 Å². The van der Waals surface area contributed by atoms with Gasteiger partial charge in [0, 0.05) is 32.5 Å². The minimum Gasteiger partial charge on any atom is -0.395 e. The van der Waals surface area contributed by atoms with E-state index in [4.69, 9.17) is 9.84 Å². The molecule has 1 aromatic heterocycles. The summed E-state index contributed by atoms with van der Waals surface area (Å²) < 4.78 is 5.02. The zero-order valence-corrected chi connectivity index (χ0v) is 11.8. The first-order valence-electron chi connectivity index (χ1n) is 6.50. The van der Waals surface area contributed by atoms with Gasteiger partial charge in [-0.1, -0.05) is 18.8 Å². The molecule has 0 saturated heterocycles. The van der Waals surface area contributed by atoms with Gasteiger partial charge in [-0.15, -0.1) is 0 Å². The van der Waals surface area contributed by atoms with Crippen LogP contribution in [0.4, 0.5) is 0 Å². The van der Waals surface area contributed by atoms with Gasteiger partial charge in [0.2, 0.25) is 0 Å². The van der Waals surface area contributed by atoms with Crippen LogP contribution in [0.3, 0.4) is 0 Å². The number of hydrogen-bond donors (Lipinski definition) is 2. The maximum absolute atomic E-state index is 12.1. The molecule has 0 spiro atoms. The predicted molar refractivity (Wildman–Crippen MR) is 76.2 cm³/mol. The predicted octanol–water partition coefficient (Wildman–Crippen LogP) is 0.828. The number of carbonyl (C=O) groups is 1. The van der Waals surface area contributed by atoms with Gasteiger partial charge in [0.25, 0.3) is 5.91 Å². The van der Waals surface area contributed by atoms with Crippen LogP contribution in [-0.4, -0.2) is 42.9 Å². The van der Waals surface area contributed by atoms with Crippen molar-refractivity contribution in [2.45, 2.75) is 13.3 Å². The van der Waals surface area contributed by atoms with Crippen LogP contribution in [0.5, 0.6) is 0 Å². The lowest BCUT2D eigenvalue weighted by Gasteiger charge is -2.12. The Morgan fingerprint density at radius 3 is 3.10 bits per heavy atom. The molecular weight excluding hydrogens is 256 g/mol. The first-order chi connectivity index (χ1) is 9.69. The fourth-order valence-corrected chi connectivity index (χ4v) is 1.61. The van der Waals surface area contributed by atoms with Gasteiger partial charge in [0.1, 0.15) is 0 Å². The molecule has 2 N–H and O–H groups in total. The van der Waals surface area contributed by atoms with Crippen LogP contribution < -0.4 is 5.32 Å². The molecule has 108 valence electrons. The van der Waals surface area contributed by atoms with Gasteiger partial charge >= 0.3 is 0 Å². The molecule has 1 heterocycles. The van der Waals surface area contributed by atoms with Gasteiger partial charge in [0.15, 0.2) is 0 Å². The molecule has 5 nitrogen and oxygen atoms in total. The third-order valence-corrected chi connectivity index (χ3v) is 2.59. The molecule has 1 unspecified atom stereocenters. The van der Waals surface area contributed by atoms with Crippen LogP contribution in [-0.2, 0) is 4.74 Å². The van der Waals surface area contributed by atoms with Crippen molar-refractivity contribution in [3.8, 4) is 11.8 Å². The van der Waals surface area contributed by atoms with E-state index >= 15 is 0 Å². The van der Waals surface area contributed by atoms with Crippen molar-refractivity contribution >= 4 is 5.91 Å². The number of pyridine rings is 1. The van der Waals surface area contributed by atoms with E-state index in [2.05, 4.69) is 22.1 Å². The standard InChI is InChI=1S/C15H20N2O3/c1-12(11-20-2)9-17-15(19)14-6-7-16-10-13(14)5-3-4-8-18/h6-7,10,12,18H,4,8-9,11H2,1-2H3,(H,17,19). The Kier molecular flexibility index (Phi) is 7.33. The summed E-state index contributed by atoms with van der Waals surface area (Å²) in [6.07, 6.45) is 3.49. The van der Waals surface area contributed by atoms with E-state index in [1.165, 1.54) is 0 Å². The van der Waals surface area contributed by atoms with E-state index in [9.17, 15) is 4.79 Å². The van der Waals surface area contributed by atoms with Gasteiger partial charge in [-0.25, -0.2) is 0 Å². The van der Waals surface area contributed by atoms with Gasteiger partial charge in [-0.05, 0) is 12.0 Å². The highest BCUT2D eigenvalue weighted by Gasteiger charge is 2.11. The number of nitrogens with one attached hydrogen (secondary N) is 1. The average Bonchev–Trinajstić information content (AvgIpc) is 2.46. The Hall–Kier alpha value is -1.90. The van der Waals surface area contributed by atoms with Crippen LogP contribution >= 0.6 is 0 Å². The highest BCUT2D eigenvalue weighted by atomic mass is 16.5. The van der Waals surface area contributed by atoms with E-state index < -0.39 is 0 Å². The molecule has 1 atom stereocenters. The second kappa shape index (κ2) is 9.08. The zero-order chi connectivity index (χ0) is 14.8. The summed E-state index contributed by atoms with van der Waals surface area (Å²) in [7, 11) is 1.63. The van der Waals surface area contributed by atoms with Crippen LogP contribution in [0.25, 0.3) is 0 Å². The Labute approximate surface area is 119 Å². The van der Waals surface area contributed by atoms with Gasteiger partial charge in [0.05, 0.1) is 24.3 Å². The molecule has 0 aromatic carbocycles. The summed E-state index contributed by atoms with van der Waals surface area (Å²) >= 11 is 0. The maximum Gasteiger partial charge on any atom is 0.252 e. The number of hydrogen-bond acceptors (Lipinski definition) is 4. The molecule has 5 heteroatoms. The van der Waals surface area contributed by atoms with Crippen LogP contribution in [0, 0.1) is 17.8 Å². The molecule has 0 fully saturated rings. The van der Waals surface area contributed by atoms with E-state index in [1.807, 2.05) is 6.92 Å². The Morgan fingerprint density at radius 1 is 1.60 bits per heavy atom.